The lowest BCUT2D eigenvalue weighted by Gasteiger charge is -2.59. The molecule has 0 aromatic carbocycles. The summed E-state index contributed by atoms with van der Waals surface area (Å²) in [6, 6.07) is 0. The molecule has 7 heteroatoms. The van der Waals surface area contributed by atoms with Gasteiger partial charge in [0, 0.05) is 11.3 Å². The van der Waals surface area contributed by atoms with E-state index in [1.165, 1.54) is 6.92 Å². The number of hydrogen-bond donors (Lipinski definition) is 6. The standard InChI is InChI=1S/C27H44O7/c1-15(21(29)8-11-26(4,33)23(31)32)17-7-12-27(34)19-14-22(30)20-13-16(28)5-9-24(20,2)18(19)6-10-25(17,27)3/h14-18,20-21,23,28-29,31-34H,5-13H2,1-4H3/t15?,16-,17-,18?,20+,21-,24-,25-,26?,27-/m1/s1. The molecule has 0 amide bonds. The van der Waals surface area contributed by atoms with E-state index >= 15 is 0 Å². The Labute approximate surface area is 202 Å². The molecular weight excluding hydrogens is 436 g/mol. The number of fused-ring (bicyclic) bond motifs is 5. The van der Waals surface area contributed by atoms with Gasteiger partial charge in [0.15, 0.2) is 12.1 Å². The molecule has 194 valence electrons. The molecule has 0 aliphatic heterocycles. The summed E-state index contributed by atoms with van der Waals surface area (Å²) in [5, 5.41) is 62.3. The zero-order chi connectivity index (χ0) is 25.3. The summed E-state index contributed by atoms with van der Waals surface area (Å²) >= 11 is 0. The van der Waals surface area contributed by atoms with Crippen molar-refractivity contribution >= 4 is 5.78 Å². The van der Waals surface area contributed by atoms with Gasteiger partial charge in [0.2, 0.25) is 0 Å². The van der Waals surface area contributed by atoms with Gasteiger partial charge in [0.05, 0.1) is 17.8 Å². The number of carbonyl (C=O) groups is 1. The lowest BCUT2D eigenvalue weighted by atomic mass is 9.46. The molecule has 3 unspecified atom stereocenters. The molecule has 6 N–H and O–H groups in total. The number of carbonyl (C=O) groups excluding carboxylic acids is 1. The zero-order valence-electron chi connectivity index (χ0n) is 21.1. The molecule has 4 aliphatic rings. The highest BCUT2D eigenvalue weighted by Crippen LogP contribution is 2.68. The van der Waals surface area contributed by atoms with Crippen molar-refractivity contribution < 1.29 is 35.4 Å². The van der Waals surface area contributed by atoms with Crippen molar-refractivity contribution in [1.29, 1.82) is 0 Å². The normalized spacial score (nSPS) is 45.6. The van der Waals surface area contributed by atoms with Crippen LogP contribution in [0.15, 0.2) is 11.6 Å². The number of ketones is 1. The number of allylic oxidation sites excluding steroid dienone is 1. The highest BCUT2D eigenvalue weighted by molar-refractivity contribution is 5.95. The molecule has 0 spiro atoms. The number of aliphatic hydroxyl groups excluding tert-OH is 3. The van der Waals surface area contributed by atoms with Crippen LogP contribution in [0.3, 0.4) is 0 Å². The first-order valence-corrected chi connectivity index (χ1v) is 13.1. The minimum atomic E-state index is -1.87. The van der Waals surface area contributed by atoms with Gasteiger partial charge in [-0.3, -0.25) is 4.79 Å². The maximum atomic E-state index is 13.2. The number of rotatable bonds is 6. The summed E-state index contributed by atoms with van der Waals surface area (Å²) in [7, 11) is 0. The van der Waals surface area contributed by atoms with Crippen LogP contribution in [0.25, 0.3) is 0 Å². The maximum absolute atomic E-state index is 13.2. The van der Waals surface area contributed by atoms with Gasteiger partial charge in [-0.25, -0.2) is 0 Å². The molecule has 3 fully saturated rings. The second kappa shape index (κ2) is 8.63. The summed E-state index contributed by atoms with van der Waals surface area (Å²) in [5.74, 6) is -0.152. The lowest BCUT2D eigenvalue weighted by Crippen LogP contribution is -2.59. The Morgan fingerprint density at radius 3 is 2.41 bits per heavy atom. The SMILES string of the molecule is CC([C@H](O)CCC(C)(O)C(O)O)[C@H]1CC[C@@]2(O)C3=CC(=O)[C@@H]4C[C@H](O)CC[C@]4(C)C3CC[C@]12C. The summed E-state index contributed by atoms with van der Waals surface area (Å²) in [6.07, 6.45) is 3.88. The fraction of sp³-hybridized carbons (Fsp3) is 0.889. The third-order valence-corrected chi connectivity index (χ3v) is 10.9. The molecule has 3 saturated carbocycles. The van der Waals surface area contributed by atoms with Crippen LogP contribution in [0.4, 0.5) is 0 Å². The van der Waals surface area contributed by atoms with Crippen molar-refractivity contribution in [1.82, 2.24) is 0 Å². The zero-order valence-corrected chi connectivity index (χ0v) is 21.1. The summed E-state index contributed by atoms with van der Waals surface area (Å²) in [5.41, 5.74) is -2.63. The minimum absolute atomic E-state index is 0.0338. The van der Waals surface area contributed by atoms with Crippen LogP contribution in [-0.2, 0) is 4.79 Å². The van der Waals surface area contributed by atoms with Gasteiger partial charge in [0.25, 0.3) is 0 Å². The van der Waals surface area contributed by atoms with Crippen LogP contribution >= 0.6 is 0 Å². The van der Waals surface area contributed by atoms with Crippen LogP contribution in [0.2, 0.25) is 0 Å². The second-order valence-corrected chi connectivity index (χ2v) is 12.7. The van der Waals surface area contributed by atoms with Gasteiger partial charge >= 0.3 is 0 Å². The van der Waals surface area contributed by atoms with Crippen molar-refractivity contribution in [3.8, 4) is 0 Å². The average Bonchev–Trinajstić information content (AvgIpc) is 3.04. The van der Waals surface area contributed by atoms with E-state index in [4.69, 9.17) is 0 Å². The van der Waals surface area contributed by atoms with Crippen molar-refractivity contribution in [2.45, 2.75) is 115 Å². The molecule has 4 rings (SSSR count). The summed E-state index contributed by atoms with van der Waals surface area (Å²) in [6.45, 7) is 7.59. The Morgan fingerprint density at radius 1 is 1.09 bits per heavy atom. The van der Waals surface area contributed by atoms with E-state index in [1.54, 1.807) is 6.08 Å². The van der Waals surface area contributed by atoms with E-state index < -0.39 is 35.1 Å². The van der Waals surface area contributed by atoms with Gasteiger partial charge in [-0.05, 0) is 99.5 Å². The monoisotopic (exact) mass is 480 g/mol. The van der Waals surface area contributed by atoms with E-state index in [0.717, 1.165) is 31.3 Å². The predicted octanol–water partition coefficient (Wildman–Crippen LogP) is 2.06. The Bertz CT molecular complexity index is 837. The molecule has 0 bridgehead atoms. The molecule has 0 heterocycles. The summed E-state index contributed by atoms with van der Waals surface area (Å²) in [4.78, 5) is 13.2. The first-order chi connectivity index (χ1) is 15.7. The second-order valence-electron chi connectivity index (χ2n) is 12.7. The smallest absolute Gasteiger partial charge is 0.180 e. The molecule has 0 saturated heterocycles. The molecule has 0 aromatic heterocycles. The van der Waals surface area contributed by atoms with Crippen LogP contribution in [0.5, 0.6) is 0 Å². The van der Waals surface area contributed by atoms with Gasteiger partial charge in [-0.1, -0.05) is 20.8 Å². The van der Waals surface area contributed by atoms with Crippen molar-refractivity contribution in [2.75, 3.05) is 0 Å². The van der Waals surface area contributed by atoms with Gasteiger partial charge in [-0.15, -0.1) is 0 Å². The van der Waals surface area contributed by atoms with Gasteiger partial charge < -0.3 is 30.6 Å². The van der Waals surface area contributed by atoms with Gasteiger partial charge in [-0.2, -0.15) is 0 Å². The van der Waals surface area contributed by atoms with Gasteiger partial charge in [0.1, 0.15) is 5.60 Å². The van der Waals surface area contributed by atoms with Crippen LogP contribution in [0, 0.1) is 34.5 Å². The fourth-order valence-electron chi connectivity index (χ4n) is 8.30. The molecule has 0 aromatic rings. The van der Waals surface area contributed by atoms with Crippen LogP contribution in [-0.4, -0.2) is 66.1 Å². The third kappa shape index (κ3) is 3.82. The molecule has 7 nitrogen and oxygen atoms in total. The summed E-state index contributed by atoms with van der Waals surface area (Å²) < 4.78 is 0. The molecule has 0 radical (unpaired) electrons. The highest BCUT2D eigenvalue weighted by atomic mass is 16.5. The molecule has 34 heavy (non-hydrogen) atoms. The largest absolute Gasteiger partial charge is 0.393 e. The van der Waals surface area contributed by atoms with Crippen LogP contribution in [0.1, 0.15) is 85.5 Å². The Morgan fingerprint density at radius 2 is 1.76 bits per heavy atom. The third-order valence-electron chi connectivity index (χ3n) is 10.9. The Kier molecular flexibility index (Phi) is 6.66. The lowest BCUT2D eigenvalue weighted by molar-refractivity contribution is -0.181. The predicted molar refractivity (Wildman–Crippen MR) is 126 cm³/mol. The highest BCUT2D eigenvalue weighted by Gasteiger charge is 2.66. The topological polar surface area (TPSA) is 138 Å². The van der Waals surface area contributed by atoms with E-state index in [9.17, 15) is 35.4 Å². The number of aliphatic hydroxyl groups is 6. The van der Waals surface area contributed by atoms with E-state index in [-0.39, 0.29) is 47.7 Å². The average molecular weight is 481 g/mol. The van der Waals surface area contributed by atoms with E-state index in [0.29, 0.717) is 19.3 Å². The fourth-order valence-corrected chi connectivity index (χ4v) is 8.30. The first-order valence-electron chi connectivity index (χ1n) is 13.1. The van der Waals surface area contributed by atoms with Crippen LogP contribution < -0.4 is 0 Å². The van der Waals surface area contributed by atoms with E-state index in [1.807, 2.05) is 6.92 Å². The maximum Gasteiger partial charge on any atom is 0.180 e. The molecule has 10 atom stereocenters. The minimum Gasteiger partial charge on any atom is -0.393 e. The van der Waals surface area contributed by atoms with E-state index in [2.05, 4.69) is 13.8 Å². The number of hydrogen-bond acceptors (Lipinski definition) is 7. The van der Waals surface area contributed by atoms with Crippen molar-refractivity contribution in [3.63, 3.8) is 0 Å². The quantitative estimate of drug-likeness (QED) is 0.320. The van der Waals surface area contributed by atoms with Crippen molar-refractivity contribution in [2.24, 2.45) is 34.5 Å². The molecular formula is C27H44O7. The Balaban J connectivity index is 1.57. The first kappa shape index (κ1) is 26.2. The van der Waals surface area contributed by atoms with Crippen molar-refractivity contribution in [3.05, 3.63) is 11.6 Å². The molecule has 4 aliphatic carbocycles. The Hall–Kier alpha value is -0.830.